The topological polar surface area (TPSA) is 87.5 Å². The van der Waals surface area contributed by atoms with Crippen LogP contribution in [0.4, 0.5) is 5.69 Å². The molecular weight excluding hydrogens is 364 g/mol. The number of anilines is 1. The van der Waals surface area contributed by atoms with Crippen LogP contribution in [-0.2, 0) is 4.79 Å². The van der Waals surface area contributed by atoms with Crippen molar-refractivity contribution in [3.8, 4) is 0 Å². The second-order valence-corrected chi connectivity index (χ2v) is 8.20. The van der Waals surface area contributed by atoms with Gasteiger partial charge in [0.2, 0.25) is 5.91 Å². The maximum atomic E-state index is 12.4. The highest BCUT2D eigenvalue weighted by Gasteiger charge is 2.30. The van der Waals surface area contributed by atoms with E-state index in [0.29, 0.717) is 11.6 Å². The van der Waals surface area contributed by atoms with Gasteiger partial charge >= 0.3 is 0 Å². The molecular formula is C19H22N4O3S. The number of hydrogen-bond acceptors (Lipinski definition) is 6. The number of aromatic nitrogens is 1. The van der Waals surface area contributed by atoms with E-state index in [4.69, 9.17) is 4.52 Å². The average molecular weight is 386 g/mol. The normalized spacial score (nSPS) is 19.8. The van der Waals surface area contributed by atoms with Crippen LogP contribution in [0.5, 0.6) is 0 Å². The van der Waals surface area contributed by atoms with Crippen LogP contribution in [0.25, 0.3) is 0 Å². The largest absolute Gasteiger partial charge is 0.360 e. The van der Waals surface area contributed by atoms with Crippen LogP contribution in [0.3, 0.4) is 0 Å². The Labute approximate surface area is 162 Å². The third-order valence-electron chi connectivity index (χ3n) is 4.64. The van der Waals surface area contributed by atoms with E-state index in [-0.39, 0.29) is 17.9 Å². The first-order valence-corrected chi connectivity index (χ1v) is 9.92. The van der Waals surface area contributed by atoms with Crippen molar-refractivity contribution in [2.24, 2.45) is 0 Å². The molecule has 27 heavy (non-hydrogen) atoms. The minimum Gasteiger partial charge on any atom is -0.360 e. The monoisotopic (exact) mass is 386 g/mol. The van der Waals surface area contributed by atoms with Crippen molar-refractivity contribution in [2.75, 3.05) is 18.4 Å². The molecule has 142 valence electrons. The molecule has 1 saturated heterocycles. The van der Waals surface area contributed by atoms with Gasteiger partial charge in [-0.05, 0) is 55.5 Å². The van der Waals surface area contributed by atoms with Crippen molar-refractivity contribution in [1.82, 2.24) is 14.8 Å². The number of nitrogens with one attached hydrogen (secondary N) is 2. The predicted molar refractivity (Wildman–Crippen MR) is 103 cm³/mol. The Kier molecular flexibility index (Phi) is 5.18. The number of nitrogens with zero attached hydrogens (tertiary/aromatic N) is 2. The van der Waals surface area contributed by atoms with Gasteiger partial charge in [0.25, 0.3) is 5.91 Å². The maximum Gasteiger partial charge on any atom is 0.273 e. The summed E-state index contributed by atoms with van der Waals surface area (Å²) in [4.78, 5) is 24.5. The van der Waals surface area contributed by atoms with Crippen LogP contribution in [0.15, 0.2) is 39.8 Å². The van der Waals surface area contributed by atoms with E-state index in [1.54, 1.807) is 18.0 Å². The van der Waals surface area contributed by atoms with Crippen molar-refractivity contribution in [3.05, 3.63) is 41.8 Å². The third-order valence-corrected chi connectivity index (χ3v) is 5.71. The quantitative estimate of drug-likeness (QED) is 0.742. The zero-order valence-corrected chi connectivity index (χ0v) is 15.9. The van der Waals surface area contributed by atoms with E-state index >= 15 is 0 Å². The Hall–Kier alpha value is -2.32. The molecule has 1 aliphatic heterocycles. The summed E-state index contributed by atoms with van der Waals surface area (Å²) < 4.78 is 7.49. The molecule has 2 amide bonds. The number of carbonyl (C=O) groups excluding carboxylic acids is 2. The number of rotatable bonds is 6. The summed E-state index contributed by atoms with van der Waals surface area (Å²) in [5, 5.41) is 9.71. The van der Waals surface area contributed by atoms with E-state index < -0.39 is 0 Å². The summed E-state index contributed by atoms with van der Waals surface area (Å²) in [5.41, 5.74) is 1.16. The minimum atomic E-state index is -0.165. The maximum absolute atomic E-state index is 12.4. The molecule has 2 aliphatic rings. The van der Waals surface area contributed by atoms with Gasteiger partial charge in [0.15, 0.2) is 5.69 Å². The average Bonchev–Trinajstić information content (AvgIpc) is 3.20. The zero-order chi connectivity index (χ0) is 18.8. The lowest BCUT2D eigenvalue weighted by Gasteiger charge is -2.15. The van der Waals surface area contributed by atoms with E-state index in [1.165, 1.54) is 6.92 Å². The highest BCUT2D eigenvalue weighted by atomic mass is 32.2. The third kappa shape index (κ3) is 4.70. The molecule has 1 aliphatic carbocycles. The number of hydrogen-bond donors (Lipinski definition) is 2. The SMILES string of the molecule is CC(=O)Nc1ccc(SN2CCC(NC(=O)c3cc(C4CC4)on3)C2)cc1. The van der Waals surface area contributed by atoms with E-state index in [1.807, 2.05) is 24.3 Å². The van der Waals surface area contributed by atoms with Crippen LogP contribution in [0.2, 0.25) is 0 Å². The van der Waals surface area contributed by atoms with Gasteiger partial charge in [-0.3, -0.25) is 9.59 Å². The molecule has 2 fully saturated rings. The second kappa shape index (κ2) is 7.74. The molecule has 2 aromatic rings. The molecule has 1 atom stereocenters. The fraction of sp³-hybridized carbons (Fsp3) is 0.421. The summed E-state index contributed by atoms with van der Waals surface area (Å²) >= 11 is 1.66. The highest BCUT2D eigenvalue weighted by molar-refractivity contribution is 7.97. The molecule has 2 heterocycles. The van der Waals surface area contributed by atoms with Crippen LogP contribution in [-0.4, -0.2) is 40.4 Å². The predicted octanol–water partition coefficient (Wildman–Crippen LogP) is 3.02. The lowest BCUT2D eigenvalue weighted by Crippen LogP contribution is -2.36. The van der Waals surface area contributed by atoms with Gasteiger partial charge in [0.1, 0.15) is 5.76 Å². The smallest absolute Gasteiger partial charge is 0.273 e. The molecule has 1 aromatic heterocycles. The summed E-state index contributed by atoms with van der Waals surface area (Å²) in [6.45, 7) is 3.17. The molecule has 0 spiro atoms. The molecule has 2 N–H and O–H groups in total. The Bertz CT molecular complexity index is 832. The standard InChI is InChI=1S/C19H22N4O3S/c1-12(24)20-14-4-6-16(7-5-14)27-23-9-8-15(11-23)21-19(25)17-10-18(26-22-17)13-2-3-13/h4-7,10,13,15H,2-3,8-9,11H2,1H3,(H,20,24)(H,21,25). The van der Waals surface area contributed by atoms with Crippen LogP contribution < -0.4 is 10.6 Å². The molecule has 8 heteroatoms. The molecule has 7 nitrogen and oxygen atoms in total. The fourth-order valence-corrected chi connectivity index (χ4v) is 4.10. The van der Waals surface area contributed by atoms with E-state index in [9.17, 15) is 9.59 Å². The van der Waals surface area contributed by atoms with Gasteiger partial charge in [-0.25, -0.2) is 4.31 Å². The summed E-state index contributed by atoms with van der Waals surface area (Å²) in [6.07, 6.45) is 3.14. The Morgan fingerprint density at radius 2 is 2.00 bits per heavy atom. The zero-order valence-electron chi connectivity index (χ0n) is 15.1. The van der Waals surface area contributed by atoms with Gasteiger partial charge in [0, 0.05) is 48.6 Å². The Morgan fingerprint density at radius 1 is 1.22 bits per heavy atom. The first-order chi connectivity index (χ1) is 13.1. The van der Waals surface area contributed by atoms with Crippen molar-refractivity contribution >= 4 is 29.4 Å². The van der Waals surface area contributed by atoms with Gasteiger partial charge < -0.3 is 15.2 Å². The molecule has 1 saturated carbocycles. The van der Waals surface area contributed by atoms with Crippen LogP contribution in [0.1, 0.15) is 48.4 Å². The molecule has 0 radical (unpaired) electrons. The van der Waals surface area contributed by atoms with Gasteiger partial charge in [-0.2, -0.15) is 0 Å². The van der Waals surface area contributed by atoms with Crippen LogP contribution >= 0.6 is 11.9 Å². The van der Waals surface area contributed by atoms with Crippen molar-refractivity contribution in [3.63, 3.8) is 0 Å². The second-order valence-electron chi connectivity index (χ2n) is 7.03. The van der Waals surface area contributed by atoms with E-state index in [0.717, 1.165) is 48.7 Å². The molecule has 1 unspecified atom stereocenters. The lowest BCUT2D eigenvalue weighted by atomic mass is 10.2. The summed E-state index contributed by atoms with van der Waals surface area (Å²) in [7, 11) is 0. The Morgan fingerprint density at radius 3 is 2.70 bits per heavy atom. The fourth-order valence-electron chi connectivity index (χ4n) is 3.10. The van der Waals surface area contributed by atoms with Gasteiger partial charge in [-0.1, -0.05) is 5.16 Å². The first-order valence-electron chi connectivity index (χ1n) is 9.15. The Balaban J connectivity index is 1.26. The number of benzene rings is 1. The lowest BCUT2D eigenvalue weighted by molar-refractivity contribution is -0.114. The molecule has 1 aromatic carbocycles. The molecule has 4 rings (SSSR count). The number of amides is 2. The number of carbonyl (C=O) groups is 2. The van der Waals surface area contributed by atoms with Gasteiger partial charge in [0.05, 0.1) is 0 Å². The highest BCUT2D eigenvalue weighted by Crippen LogP contribution is 2.40. The van der Waals surface area contributed by atoms with Crippen molar-refractivity contribution in [1.29, 1.82) is 0 Å². The van der Waals surface area contributed by atoms with Gasteiger partial charge in [-0.15, -0.1) is 0 Å². The first kappa shape index (κ1) is 18.1. The minimum absolute atomic E-state index is 0.0788. The van der Waals surface area contributed by atoms with Crippen molar-refractivity contribution < 1.29 is 14.1 Å². The van der Waals surface area contributed by atoms with Crippen molar-refractivity contribution in [2.45, 2.75) is 43.0 Å². The molecule has 0 bridgehead atoms. The summed E-state index contributed by atoms with van der Waals surface area (Å²) in [5.74, 6) is 1.04. The van der Waals surface area contributed by atoms with Crippen LogP contribution in [0, 0.1) is 0 Å². The van der Waals surface area contributed by atoms with E-state index in [2.05, 4.69) is 20.1 Å². The summed E-state index contributed by atoms with van der Waals surface area (Å²) in [6, 6.07) is 9.62.